The number of nitrogens with zero attached hydrogens (tertiary/aromatic N) is 5. The van der Waals surface area contributed by atoms with E-state index in [0.717, 1.165) is 61.7 Å². The molecule has 1 aliphatic heterocycles. The molecule has 1 aliphatic rings. The summed E-state index contributed by atoms with van der Waals surface area (Å²) in [5, 5.41) is 12.1. The Bertz CT molecular complexity index is 1490. The van der Waals surface area contributed by atoms with Crippen LogP contribution in [0.1, 0.15) is 27.0 Å². The number of benzene rings is 3. The largest absolute Gasteiger partial charge is 0.493 e. The maximum Gasteiger partial charge on any atom is 0.249 e. The maximum atomic E-state index is 13.8. The Kier molecular flexibility index (Phi) is 7.01. The molecule has 0 unspecified atom stereocenters. The van der Waals surface area contributed by atoms with Gasteiger partial charge < -0.3 is 15.2 Å². The van der Waals surface area contributed by atoms with Crippen LogP contribution in [0.5, 0.6) is 11.5 Å². The zero-order valence-corrected chi connectivity index (χ0v) is 20.9. The number of ether oxygens (including phenoxy) is 2. The van der Waals surface area contributed by atoms with Gasteiger partial charge in [-0.05, 0) is 71.1 Å². The number of amides is 1. The van der Waals surface area contributed by atoms with Crippen molar-refractivity contribution in [2.45, 2.75) is 19.4 Å². The number of rotatable bonds is 8. The zero-order valence-electron chi connectivity index (χ0n) is 20.9. The Morgan fingerprint density at radius 3 is 2.37 bits per heavy atom. The summed E-state index contributed by atoms with van der Waals surface area (Å²) in [4.78, 5) is 15.4. The first-order chi connectivity index (χ1) is 18.4. The number of nitrogens with two attached hydrogens (primary N) is 1. The van der Waals surface area contributed by atoms with Crippen molar-refractivity contribution < 1.29 is 23.0 Å². The molecule has 1 amide bonds. The molecule has 38 heavy (non-hydrogen) atoms. The SMILES string of the molecule is COc1cc2c(cc1OC)CN(CCc1ccc(-n3nnc(-c4cc(F)c(F)cc4C(N)=O)n3)cc1)CC2. The molecule has 3 aromatic carbocycles. The van der Waals surface area contributed by atoms with Gasteiger partial charge in [0.2, 0.25) is 11.7 Å². The van der Waals surface area contributed by atoms with Gasteiger partial charge in [0.05, 0.1) is 25.5 Å². The Morgan fingerprint density at radius 1 is 1.00 bits per heavy atom. The number of tetrazole rings is 1. The molecule has 0 aliphatic carbocycles. The van der Waals surface area contributed by atoms with Crippen molar-refractivity contribution in [3.8, 4) is 28.6 Å². The molecule has 9 nitrogen and oxygen atoms in total. The fraction of sp³-hybridized carbons (Fsp3) is 0.259. The number of fused-ring (bicyclic) bond motifs is 1. The van der Waals surface area contributed by atoms with Crippen LogP contribution in [0, 0.1) is 11.6 Å². The van der Waals surface area contributed by atoms with Crippen LogP contribution >= 0.6 is 0 Å². The van der Waals surface area contributed by atoms with Gasteiger partial charge >= 0.3 is 0 Å². The van der Waals surface area contributed by atoms with E-state index in [2.05, 4.69) is 32.4 Å². The van der Waals surface area contributed by atoms with Crippen LogP contribution in [0.2, 0.25) is 0 Å². The molecular formula is C27H26F2N6O3. The highest BCUT2D eigenvalue weighted by atomic mass is 19.2. The van der Waals surface area contributed by atoms with E-state index in [1.807, 2.05) is 24.3 Å². The molecule has 0 fully saturated rings. The number of hydrogen-bond donors (Lipinski definition) is 1. The van der Waals surface area contributed by atoms with Crippen molar-refractivity contribution in [3.05, 3.63) is 82.4 Å². The molecule has 2 heterocycles. The second-order valence-electron chi connectivity index (χ2n) is 9.00. The number of aromatic nitrogens is 4. The van der Waals surface area contributed by atoms with Gasteiger partial charge in [-0.2, -0.15) is 0 Å². The minimum absolute atomic E-state index is 0.0292. The number of primary amides is 1. The van der Waals surface area contributed by atoms with E-state index in [-0.39, 0.29) is 17.0 Å². The summed E-state index contributed by atoms with van der Waals surface area (Å²) in [6, 6.07) is 13.4. The van der Waals surface area contributed by atoms with E-state index in [1.54, 1.807) is 14.2 Å². The average Bonchev–Trinajstić information content (AvgIpc) is 3.42. The maximum absolute atomic E-state index is 13.8. The molecule has 1 aromatic heterocycles. The quantitative estimate of drug-likeness (QED) is 0.380. The van der Waals surface area contributed by atoms with E-state index in [4.69, 9.17) is 15.2 Å². The van der Waals surface area contributed by atoms with Crippen LogP contribution < -0.4 is 15.2 Å². The lowest BCUT2D eigenvalue weighted by molar-refractivity contribution is 0.100. The Hall–Kier alpha value is -4.38. The summed E-state index contributed by atoms with van der Waals surface area (Å²) in [5.74, 6) is -1.78. The van der Waals surface area contributed by atoms with Gasteiger partial charge in [0.1, 0.15) is 0 Å². The van der Waals surface area contributed by atoms with E-state index in [9.17, 15) is 13.6 Å². The lowest BCUT2D eigenvalue weighted by Crippen LogP contribution is -2.32. The molecule has 0 bridgehead atoms. The van der Waals surface area contributed by atoms with Gasteiger partial charge in [0, 0.05) is 25.2 Å². The summed E-state index contributed by atoms with van der Waals surface area (Å²) < 4.78 is 38.3. The molecular weight excluding hydrogens is 494 g/mol. The number of halogens is 2. The third-order valence-corrected chi connectivity index (χ3v) is 6.66. The van der Waals surface area contributed by atoms with E-state index < -0.39 is 17.5 Å². The first kappa shape index (κ1) is 25.3. The minimum atomic E-state index is -1.18. The lowest BCUT2D eigenvalue weighted by atomic mass is 9.98. The van der Waals surface area contributed by atoms with Gasteiger partial charge in [-0.15, -0.1) is 15.0 Å². The van der Waals surface area contributed by atoms with E-state index >= 15 is 0 Å². The summed E-state index contributed by atoms with van der Waals surface area (Å²) in [6.07, 6.45) is 1.81. The highest BCUT2D eigenvalue weighted by Crippen LogP contribution is 2.33. The van der Waals surface area contributed by atoms with Gasteiger partial charge in [-0.1, -0.05) is 12.1 Å². The molecule has 11 heteroatoms. The van der Waals surface area contributed by atoms with Crippen molar-refractivity contribution in [2.75, 3.05) is 27.3 Å². The van der Waals surface area contributed by atoms with Crippen LogP contribution in [-0.2, 0) is 19.4 Å². The van der Waals surface area contributed by atoms with Crippen molar-refractivity contribution >= 4 is 5.91 Å². The van der Waals surface area contributed by atoms with Crippen LogP contribution in [-0.4, -0.2) is 58.3 Å². The number of hydrogen-bond acceptors (Lipinski definition) is 7. The zero-order chi connectivity index (χ0) is 26.8. The lowest BCUT2D eigenvalue weighted by Gasteiger charge is -2.29. The van der Waals surface area contributed by atoms with Crippen LogP contribution in [0.25, 0.3) is 17.1 Å². The highest BCUT2D eigenvalue weighted by Gasteiger charge is 2.21. The predicted octanol–water partition coefficient (Wildman–Crippen LogP) is 3.32. The summed E-state index contributed by atoms with van der Waals surface area (Å²) in [5.41, 5.74) is 9.36. The van der Waals surface area contributed by atoms with Gasteiger partial charge in [-0.3, -0.25) is 9.69 Å². The molecule has 196 valence electrons. The third-order valence-electron chi connectivity index (χ3n) is 6.66. The first-order valence-electron chi connectivity index (χ1n) is 12.0. The van der Waals surface area contributed by atoms with Crippen LogP contribution in [0.3, 0.4) is 0 Å². The molecule has 0 saturated carbocycles. The number of carbonyl (C=O) groups is 1. The summed E-state index contributed by atoms with van der Waals surface area (Å²) >= 11 is 0. The highest BCUT2D eigenvalue weighted by molar-refractivity contribution is 5.99. The standard InChI is InChI=1S/C27H26F2N6O3/c1-37-24-11-17-8-10-34(15-18(17)12-25(24)38-2)9-7-16-3-5-19(6-4-16)35-32-27(31-33-35)21-14-23(29)22(28)13-20(21)26(30)36/h3-6,11-14H,7-10,15H2,1-2H3,(H2,30,36). The number of carbonyl (C=O) groups excluding carboxylic acids is 1. The minimum Gasteiger partial charge on any atom is -0.493 e. The third kappa shape index (κ3) is 5.05. The van der Waals surface area contributed by atoms with E-state index in [0.29, 0.717) is 5.69 Å². The average molecular weight is 521 g/mol. The first-order valence-corrected chi connectivity index (χ1v) is 12.0. The summed E-state index contributed by atoms with van der Waals surface area (Å²) in [6.45, 7) is 2.70. The van der Waals surface area contributed by atoms with Crippen molar-refractivity contribution in [3.63, 3.8) is 0 Å². The predicted molar refractivity (Wildman–Crippen MR) is 135 cm³/mol. The summed E-state index contributed by atoms with van der Waals surface area (Å²) in [7, 11) is 3.29. The second kappa shape index (κ2) is 10.5. The molecule has 4 aromatic rings. The van der Waals surface area contributed by atoms with Crippen LogP contribution in [0.4, 0.5) is 8.78 Å². The topological polar surface area (TPSA) is 108 Å². The van der Waals surface area contributed by atoms with Crippen molar-refractivity contribution in [1.29, 1.82) is 0 Å². The monoisotopic (exact) mass is 520 g/mol. The Balaban J connectivity index is 1.25. The molecule has 5 rings (SSSR count). The van der Waals surface area contributed by atoms with Crippen molar-refractivity contribution in [2.24, 2.45) is 5.73 Å². The van der Waals surface area contributed by atoms with Gasteiger partial charge in [0.15, 0.2) is 23.1 Å². The van der Waals surface area contributed by atoms with Crippen LogP contribution in [0.15, 0.2) is 48.5 Å². The molecule has 0 atom stereocenters. The van der Waals surface area contributed by atoms with E-state index in [1.165, 1.54) is 15.9 Å². The van der Waals surface area contributed by atoms with Crippen molar-refractivity contribution in [1.82, 2.24) is 25.1 Å². The fourth-order valence-corrected chi connectivity index (χ4v) is 4.58. The van der Waals surface area contributed by atoms with Gasteiger partial charge in [-0.25, -0.2) is 8.78 Å². The Labute approximate surface area is 217 Å². The second-order valence-corrected chi connectivity index (χ2v) is 9.00. The molecule has 0 radical (unpaired) electrons. The molecule has 0 spiro atoms. The Morgan fingerprint density at radius 2 is 1.68 bits per heavy atom. The smallest absolute Gasteiger partial charge is 0.249 e. The fourth-order valence-electron chi connectivity index (χ4n) is 4.58. The molecule has 0 saturated heterocycles. The van der Waals surface area contributed by atoms with Gasteiger partial charge in [0.25, 0.3) is 0 Å². The molecule has 2 N–H and O–H groups in total. The number of methoxy groups -OCH3 is 2. The normalized spacial score (nSPS) is 13.3.